The molecule has 1 aromatic rings. The summed E-state index contributed by atoms with van der Waals surface area (Å²) in [5.74, 6) is -0.425. The smallest absolute Gasteiger partial charge is 0.255 e. The van der Waals surface area contributed by atoms with Gasteiger partial charge in [0.05, 0.1) is 10.6 Å². The molecule has 19 heavy (non-hydrogen) atoms. The largest absolute Gasteiger partial charge is 0.507 e. The number of benzene rings is 1. The van der Waals surface area contributed by atoms with E-state index in [1.165, 1.54) is 12.1 Å². The molecule has 1 fully saturated rings. The predicted molar refractivity (Wildman–Crippen MR) is 78.5 cm³/mol. The molecule has 1 aliphatic rings. The maximum atomic E-state index is 12.1. The Morgan fingerprint density at radius 2 is 2.21 bits per heavy atom. The molecule has 4 nitrogen and oxygen atoms in total. The lowest BCUT2D eigenvalue weighted by atomic mass is 10.0. The average Bonchev–Trinajstić information content (AvgIpc) is 2.76. The van der Waals surface area contributed by atoms with E-state index in [4.69, 9.17) is 29.6 Å². The molecular formula is C13H15ClN2O2S. The third-order valence-electron chi connectivity index (χ3n) is 3.40. The topological polar surface area (TPSA) is 75.3 Å². The number of amides is 1. The van der Waals surface area contributed by atoms with Gasteiger partial charge in [-0.1, -0.05) is 30.2 Å². The zero-order valence-electron chi connectivity index (χ0n) is 10.2. The number of carbonyl (C=O) groups is 1. The molecule has 2 rings (SSSR count). The average molecular weight is 299 g/mol. The molecule has 2 unspecified atom stereocenters. The summed E-state index contributed by atoms with van der Waals surface area (Å²) in [7, 11) is 0. The summed E-state index contributed by atoms with van der Waals surface area (Å²) < 4.78 is 0. The van der Waals surface area contributed by atoms with Crippen LogP contribution >= 0.6 is 23.8 Å². The van der Waals surface area contributed by atoms with Gasteiger partial charge >= 0.3 is 0 Å². The van der Waals surface area contributed by atoms with Gasteiger partial charge in [-0.05, 0) is 31.0 Å². The number of thiocarbonyl (C=S) groups is 1. The maximum absolute atomic E-state index is 12.1. The molecule has 0 aliphatic heterocycles. The molecule has 1 saturated carbocycles. The quantitative estimate of drug-likeness (QED) is 0.748. The molecule has 102 valence electrons. The molecular weight excluding hydrogens is 284 g/mol. The molecule has 0 spiro atoms. The number of aromatic hydroxyl groups is 1. The Bertz CT molecular complexity index is 521. The van der Waals surface area contributed by atoms with Gasteiger partial charge in [0.2, 0.25) is 0 Å². The Labute approximate surface area is 121 Å². The predicted octanol–water partition coefficient (Wildman–Crippen LogP) is 2.23. The number of phenolic OH excluding ortho intramolecular Hbond substituents is 1. The van der Waals surface area contributed by atoms with Crippen molar-refractivity contribution in [3.8, 4) is 5.75 Å². The molecule has 0 saturated heterocycles. The van der Waals surface area contributed by atoms with Crippen LogP contribution in [0.3, 0.4) is 0 Å². The summed E-state index contributed by atoms with van der Waals surface area (Å²) in [4.78, 5) is 12.5. The molecule has 0 aromatic heterocycles. The first-order chi connectivity index (χ1) is 8.99. The van der Waals surface area contributed by atoms with Crippen molar-refractivity contribution < 1.29 is 9.90 Å². The fraction of sp³-hybridized carbons (Fsp3) is 0.385. The normalized spacial score (nSPS) is 22.2. The van der Waals surface area contributed by atoms with Gasteiger partial charge in [0.25, 0.3) is 5.91 Å². The number of hydrogen-bond donors (Lipinski definition) is 3. The first-order valence-electron chi connectivity index (χ1n) is 6.07. The summed E-state index contributed by atoms with van der Waals surface area (Å²) in [5, 5.41) is 13.0. The molecule has 6 heteroatoms. The summed E-state index contributed by atoms with van der Waals surface area (Å²) >= 11 is 10.7. The van der Waals surface area contributed by atoms with Crippen molar-refractivity contribution in [2.45, 2.75) is 25.3 Å². The van der Waals surface area contributed by atoms with Crippen LogP contribution in [0.2, 0.25) is 5.02 Å². The van der Waals surface area contributed by atoms with E-state index in [-0.39, 0.29) is 29.2 Å². The third-order valence-corrected chi connectivity index (χ3v) is 3.94. The lowest BCUT2D eigenvalue weighted by molar-refractivity contribution is 0.0931. The highest BCUT2D eigenvalue weighted by Crippen LogP contribution is 2.27. The monoisotopic (exact) mass is 298 g/mol. The van der Waals surface area contributed by atoms with E-state index in [0.717, 1.165) is 19.3 Å². The standard InChI is InChI=1S/C13H15ClN2O2S/c14-7-4-5-9(11(17)6-7)13(18)16-10-3-1-2-8(10)12(15)19/h4-6,8,10,17H,1-3H2,(H2,15,19)(H,16,18). The highest BCUT2D eigenvalue weighted by molar-refractivity contribution is 7.80. The second-order valence-corrected chi connectivity index (χ2v) is 5.59. The minimum absolute atomic E-state index is 0.0355. The van der Waals surface area contributed by atoms with Gasteiger partial charge in [-0.25, -0.2) is 0 Å². The Morgan fingerprint density at radius 1 is 1.47 bits per heavy atom. The van der Waals surface area contributed by atoms with Crippen molar-refractivity contribution in [1.29, 1.82) is 0 Å². The zero-order chi connectivity index (χ0) is 14.0. The van der Waals surface area contributed by atoms with Gasteiger partial charge in [0, 0.05) is 17.0 Å². The van der Waals surface area contributed by atoms with Gasteiger partial charge in [-0.3, -0.25) is 4.79 Å². The van der Waals surface area contributed by atoms with E-state index < -0.39 is 0 Å². The number of rotatable bonds is 3. The summed E-state index contributed by atoms with van der Waals surface area (Å²) in [6.07, 6.45) is 2.73. The molecule has 0 radical (unpaired) electrons. The Kier molecular flexibility index (Phi) is 4.27. The van der Waals surface area contributed by atoms with Crippen molar-refractivity contribution in [3.63, 3.8) is 0 Å². The number of nitrogens with two attached hydrogens (primary N) is 1. The van der Waals surface area contributed by atoms with Crippen molar-refractivity contribution in [3.05, 3.63) is 28.8 Å². The van der Waals surface area contributed by atoms with Crippen LogP contribution in [-0.4, -0.2) is 22.0 Å². The highest BCUT2D eigenvalue weighted by atomic mass is 35.5. The van der Waals surface area contributed by atoms with E-state index in [0.29, 0.717) is 10.0 Å². The van der Waals surface area contributed by atoms with Crippen molar-refractivity contribution in [2.75, 3.05) is 0 Å². The lowest BCUT2D eigenvalue weighted by Crippen LogP contribution is -2.41. The third kappa shape index (κ3) is 3.16. The van der Waals surface area contributed by atoms with Crippen molar-refractivity contribution >= 4 is 34.7 Å². The van der Waals surface area contributed by atoms with E-state index in [2.05, 4.69) is 5.32 Å². The fourth-order valence-electron chi connectivity index (χ4n) is 2.42. The minimum atomic E-state index is -0.331. The number of halogens is 1. The van der Waals surface area contributed by atoms with E-state index in [1.54, 1.807) is 6.07 Å². The first kappa shape index (κ1) is 14.1. The molecule has 1 amide bonds. The van der Waals surface area contributed by atoms with Gasteiger partial charge in [0.1, 0.15) is 5.75 Å². The zero-order valence-corrected chi connectivity index (χ0v) is 11.8. The number of nitrogens with one attached hydrogen (secondary N) is 1. The van der Waals surface area contributed by atoms with Crippen LogP contribution in [-0.2, 0) is 0 Å². The number of phenols is 1. The van der Waals surface area contributed by atoms with Crippen LogP contribution < -0.4 is 11.1 Å². The summed E-state index contributed by atoms with van der Waals surface area (Å²) in [6.45, 7) is 0. The second kappa shape index (κ2) is 5.75. The molecule has 0 heterocycles. The van der Waals surface area contributed by atoms with Gasteiger partial charge < -0.3 is 16.2 Å². The van der Waals surface area contributed by atoms with Crippen molar-refractivity contribution in [1.82, 2.24) is 5.32 Å². The highest BCUT2D eigenvalue weighted by Gasteiger charge is 2.31. The van der Waals surface area contributed by atoms with Gasteiger partial charge in [-0.15, -0.1) is 0 Å². The molecule has 4 N–H and O–H groups in total. The Hall–Kier alpha value is -1.33. The Balaban J connectivity index is 2.10. The first-order valence-corrected chi connectivity index (χ1v) is 6.86. The maximum Gasteiger partial charge on any atom is 0.255 e. The number of carbonyl (C=O) groups excluding carboxylic acids is 1. The summed E-state index contributed by atoms with van der Waals surface area (Å²) in [6, 6.07) is 4.35. The lowest BCUT2D eigenvalue weighted by Gasteiger charge is -2.20. The van der Waals surface area contributed by atoms with Crippen LogP contribution in [0.4, 0.5) is 0 Å². The molecule has 1 aromatic carbocycles. The van der Waals surface area contributed by atoms with Crippen LogP contribution in [0.5, 0.6) is 5.75 Å². The SMILES string of the molecule is NC(=S)C1CCCC1NC(=O)c1ccc(Cl)cc1O. The van der Waals surface area contributed by atoms with E-state index in [1.807, 2.05) is 0 Å². The molecule has 1 aliphatic carbocycles. The van der Waals surface area contributed by atoms with Gasteiger partial charge in [-0.2, -0.15) is 0 Å². The van der Waals surface area contributed by atoms with Gasteiger partial charge in [0.15, 0.2) is 0 Å². The van der Waals surface area contributed by atoms with Crippen LogP contribution in [0.25, 0.3) is 0 Å². The molecule has 0 bridgehead atoms. The van der Waals surface area contributed by atoms with E-state index >= 15 is 0 Å². The summed E-state index contributed by atoms with van der Waals surface area (Å²) in [5.41, 5.74) is 5.87. The number of hydrogen-bond acceptors (Lipinski definition) is 3. The molecule has 2 atom stereocenters. The van der Waals surface area contributed by atoms with Crippen molar-refractivity contribution in [2.24, 2.45) is 11.7 Å². The van der Waals surface area contributed by atoms with E-state index in [9.17, 15) is 9.90 Å². The van der Waals surface area contributed by atoms with Crippen LogP contribution in [0.15, 0.2) is 18.2 Å². The van der Waals surface area contributed by atoms with Crippen LogP contribution in [0.1, 0.15) is 29.6 Å². The van der Waals surface area contributed by atoms with Crippen LogP contribution in [0, 0.1) is 5.92 Å². The second-order valence-electron chi connectivity index (χ2n) is 4.68. The fourth-order valence-corrected chi connectivity index (χ4v) is 2.86. The minimum Gasteiger partial charge on any atom is -0.507 e. The Morgan fingerprint density at radius 3 is 2.84 bits per heavy atom.